The van der Waals surface area contributed by atoms with Crippen molar-refractivity contribution < 1.29 is 9.53 Å². The zero-order valence-electron chi connectivity index (χ0n) is 15.8. The summed E-state index contributed by atoms with van der Waals surface area (Å²) in [4.78, 5) is 41.2. The lowest BCUT2D eigenvalue weighted by molar-refractivity contribution is 0.0600. The van der Waals surface area contributed by atoms with Gasteiger partial charge in [0.1, 0.15) is 11.3 Å². The standard InChI is InChI=1S/C19H15N7O4/c1-30-19(29)13-10-24(9-12-16(13)22-23-17(12)27)6-7-25-5-3-14-11(18(25)28)8-20-15-2-4-21-26(14)15/h2-5,8-10H,6-7H2,1H3,(H,23,27). The number of H-pyrrole nitrogens is 1. The van der Waals surface area contributed by atoms with Crippen molar-refractivity contribution in [2.75, 3.05) is 7.11 Å². The first-order valence-corrected chi connectivity index (χ1v) is 9.05. The molecule has 0 aliphatic carbocycles. The van der Waals surface area contributed by atoms with Crippen LogP contribution in [0.5, 0.6) is 0 Å². The molecule has 0 amide bonds. The van der Waals surface area contributed by atoms with E-state index in [1.54, 1.807) is 50.6 Å². The van der Waals surface area contributed by atoms with Gasteiger partial charge in [0, 0.05) is 43.9 Å². The summed E-state index contributed by atoms with van der Waals surface area (Å²) < 4.78 is 9.61. The summed E-state index contributed by atoms with van der Waals surface area (Å²) in [5.74, 6) is -0.599. The topological polar surface area (TPSA) is 129 Å². The zero-order chi connectivity index (χ0) is 20.8. The Morgan fingerprint density at radius 2 is 2.07 bits per heavy atom. The van der Waals surface area contributed by atoms with Gasteiger partial charge in [-0.2, -0.15) is 10.2 Å². The molecule has 11 heteroatoms. The smallest absolute Gasteiger partial charge is 0.341 e. The first kappa shape index (κ1) is 17.8. The van der Waals surface area contributed by atoms with Crippen molar-refractivity contribution in [2.45, 2.75) is 13.1 Å². The minimum atomic E-state index is -0.599. The highest BCUT2D eigenvalue weighted by Gasteiger charge is 2.21. The molecular formula is C19H15N7O4. The van der Waals surface area contributed by atoms with Crippen molar-refractivity contribution in [3.63, 3.8) is 0 Å². The summed E-state index contributed by atoms with van der Waals surface area (Å²) >= 11 is 0. The van der Waals surface area contributed by atoms with Gasteiger partial charge in [0.15, 0.2) is 5.65 Å². The molecule has 0 radical (unpaired) electrons. The number of aromatic amines is 1. The lowest BCUT2D eigenvalue weighted by Crippen LogP contribution is -2.23. The number of aryl methyl sites for hydroxylation is 2. The zero-order valence-corrected chi connectivity index (χ0v) is 15.8. The lowest BCUT2D eigenvalue weighted by Gasteiger charge is -2.13. The van der Waals surface area contributed by atoms with Crippen LogP contribution >= 0.6 is 0 Å². The van der Waals surface area contributed by atoms with Gasteiger partial charge < -0.3 is 13.9 Å². The van der Waals surface area contributed by atoms with Crippen molar-refractivity contribution in [1.82, 2.24) is 33.9 Å². The number of carbonyl (C=O) groups excluding carboxylic acids is 1. The van der Waals surface area contributed by atoms with Gasteiger partial charge >= 0.3 is 5.97 Å². The maximum atomic E-state index is 12.9. The largest absolute Gasteiger partial charge is 0.465 e. The van der Waals surface area contributed by atoms with Crippen molar-refractivity contribution >= 4 is 22.5 Å². The van der Waals surface area contributed by atoms with Gasteiger partial charge in [0.05, 0.1) is 29.8 Å². The molecule has 30 heavy (non-hydrogen) atoms. The molecule has 0 unspecified atom stereocenters. The van der Waals surface area contributed by atoms with E-state index in [-0.39, 0.29) is 22.4 Å². The van der Waals surface area contributed by atoms with E-state index in [1.807, 2.05) is 0 Å². The van der Waals surface area contributed by atoms with Gasteiger partial charge in [-0.25, -0.2) is 19.4 Å². The highest BCUT2D eigenvalue weighted by molar-refractivity contribution is 5.95. The Balaban J connectivity index is 1.52. The molecule has 2 aliphatic heterocycles. The average molecular weight is 405 g/mol. The van der Waals surface area contributed by atoms with Gasteiger partial charge in [-0.05, 0) is 6.07 Å². The third-order valence-corrected chi connectivity index (χ3v) is 4.97. The monoisotopic (exact) mass is 405 g/mol. The molecule has 5 heterocycles. The number of nitrogens with one attached hydrogen (secondary N) is 1. The number of hydrogen-bond acceptors (Lipinski definition) is 7. The number of rotatable bonds is 4. The second-order valence-corrected chi connectivity index (χ2v) is 6.69. The molecule has 0 fully saturated rings. The van der Waals surface area contributed by atoms with E-state index in [0.717, 1.165) is 0 Å². The summed E-state index contributed by atoms with van der Waals surface area (Å²) in [6, 6.07) is 3.56. The second kappa shape index (κ2) is 6.65. The maximum Gasteiger partial charge on any atom is 0.341 e. The third kappa shape index (κ3) is 2.67. The second-order valence-electron chi connectivity index (χ2n) is 6.69. The first-order valence-electron chi connectivity index (χ1n) is 9.05. The number of nitrogens with zero attached hydrogens (tertiary/aromatic N) is 6. The predicted molar refractivity (Wildman–Crippen MR) is 106 cm³/mol. The SMILES string of the molecule is COC(=O)c1cn(CCn2ccc3c(cnc4ccnn43)c2=O)cc2c(=O)[nH]nc1-2. The number of methoxy groups -OCH3 is 1. The van der Waals surface area contributed by atoms with Crippen LogP contribution < -0.4 is 11.1 Å². The molecule has 0 aromatic carbocycles. The molecule has 1 N–H and O–H groups in total. The van der Waals surface area contributed by atoms with Gasteiger partial charge in [0.2, 0.25) is 0 Å². The van der Waals surface area contributed by atoms with Gasteiger partial charge in [-0.15, -0.1) is 0 Å². The Morgan fingerprint density at radius 1 is 1.20 bits per heavy atom. The van der Waals surface area contributed by atoms with Crippen LogP contribution in [0.25, 0.3) is 27.8 Å². The highest BCUT2D eigenvalue weighted by atomic mass is 16.5. The molecule has 3 aromatic heterocycles. The van der Waals surface area contributed by atoms with Gasteiger partial charge in [-0.1, -0.05) is 0 Å². The Hall–Kier alpha value is -4.28. The van der Waals surface area contributed by atoms with Crippen LogP contribution in [0.4, 0.5) is 0 Å². The van der Waals surface area contributed by atoms with Crippen LogP contribution in [0.1, 0.15) is 10.4 Å². The number of fused-ring (bicyclic) bond motifs is 4. The molecule has 150 valence electrons. The summed E-state index contributed by atoms with van der Waals surface area (Å²) in [5, 5.41) is 10.9. The van der Waals surface area contributed by atoms with Crippen molar-refractivity contribution in [3.8, 4) is 11.3 Å². The maximum absolute atomic E-state index is 12.9. The van der Waals surface area contributed by atoms with Crippen molar-refractivity contribution in [2.24, 2.45) is 0 Å². The number of hydrogen-bond donors (Lipinski definition) is 1. The van der Waals surface area contributed by atoms with Crippen molar-refractivity contribution in [1.29, 1.82) is 0 Å². The van der Waals surface area contributed by atoms with Crippen LogP contribution in [-0.2, 0) is 17.8 Å². The molecule has 5 rings (SSSR count). The summed E-state index contributed by atoms with van der Waals surface area (Å²) in [5.41, 5.74) is 1.41. The van der Waals surface area contributed by atoms with E-state index in [2.05, 4.69) is 20.3 Å². The fourth-order valence-corrected chi connectivity index (χ4v) is 3.48. The summed E-state index contributed by atoms with van der Waals surface area (Å²) in [6.07, 6.45) is 7.99. The molecular weight excluding hydrogens is 390 g/mol. The Bertz CT molecular complexity index is 1510. The fraction of sp³-hybridized carbons (Fsp3) is 0.158. The summed E-state index contributed by atoms with van der Waals surface area (Å²) in [6.45, 7) is 0.655. The van der Waals surface area contributed by atoms with E-state index in [1.165, 1.54) is 13.3 Å². The lowest BCUT2D eigenvalue weighted by atomic mass is 10.1. The fourth-order valence-electron chi connectivity index (χ4n) is 3.48. The molecule has 2 aliphatic rings. The van der Waals surface area contributed by atoms with Crippen LogP contribution in [0.2, 0.25) is 0 Å². The number of carbonyl (C=O) groups is 1. The van der Waals surface area contributed by atoms with Crippen molar-refractivity contribution in [3.05, 3.63) is 69.4 Å². The van der Waals surface area contributed by atoms with E-state index < -0.39 is 11.5 Å². The van der Waals surface area contributed by atoms with E-state index in [4.69, 9.17) is 4.74 Å². The van der Waals surface area contributed by atoms with Crippen LogP contribution in [0.15, 0.2) is 52.7 Å². The Labute approximate surface area is 167 Å². The van der Waals surface area contributed by atoms with Crippen LogP contribution in [0.3, 0.4) is 0 Å². The molecule has 0 atom stereocenters. The molecule has 0 saturated heterocycles. The number of aromatic nitrogens is 7. The predicted octanol–water partition coefficient (Wildman–Crippen LogP) is 0.521. The quantitative estimate of drug-likeness (QED) is 0.432. The highest BCUT2D eigenvalue weighted by Crippen LogP contribution is 2.20. The minimum Gasteiger partial charge on any atom is -0.465 e. The number of esters is 1. The molecule has 0 spiro atoms. The van der Waals surface area contributed by atoms with Gasteiger partial charge in [0.25, 0.3) is 11.1 Å². The molecule has 11 nitrogen and oxygen atoms in total. The minimum absolute atomic E-state index is 0.171. The van der Waals surface area contributed by atoms with Crippen LogP contribution in [0, 0.1) is 0 Å². The average Bonchev–Trinajstić information content (AvgIpc) is 3.39. The molecule has 3 aromatic rings. The Morgan fingerprint density at radius 3 is 2.90 bits per heavy atom. The number of ether oxygens (including phenoxy) is 1. The van der Waals surface area contributed by atoms with E-state index in [0.29, 0.717) is 29.6 Å². The third-order valence-electron chi connectivity index (χ3n) is 4.97. The Kier molecular flexibility index (Phi) is 3.95. The summed E-state index contributed by atoms with van der Waals surface area (Å²) in [7, 11) is 1.26. The van der Waals surface area contributed by atoms with Crippen LogP contribution in [-0.4, -0.2) is 47.0 Å². The van der Waals surface area contributed by atoms with E-state index in [9.17, 15) is 14.4 Å². The molecule has 0 bridgehead atoms. The van der Waals surface area contributed by atoms with Gasteiger partial charge in [-0.3, -0.25) is 9.59 Å². The first-order chi connectivity index (χ1) is 14.6. The normalized spacial score (nSPS) is 11.5. The molecule has 0 saturated carbocycles. The number of pyridine rings is 2. The van der Waals surface area contributed by atoms with E-state index >= 15 is 0 Å².